The number of aliphatic imine (C=N–C) groups is 2. The van der Waals surface area contributed by atoms with Crippen molar-refractivity contribution in [3.05, 3.63) is 89.3 Å². The minimum Gasteiger partial charge on any atom is -0.370 e. The van der Waals surface area contributed by atoms with E-state index in [9.17, 15) is 0 Å². The van der Waals surface area contributed by atoms with Gasteiger partial charge in [0.05, 0.1) is 30.2 Å². The molecule has 2 aliphatic rings. The summed E-state index contributed by atoms with van der Waals surface area (Å²) in [5, 5.41) is 0. The predicted molar refractivity (Wildman–Crippen MR) is 143 cm³/mol. The highest BCUT2D eigenvalue weighted by atomic mass is 15.2. The van der Waals surface area contributed by atoms with Gasteiger partial charge in [0, 0.05) is 32.9 Å². The Morgan fingerprint density at radius 1 is 1.06 bits per heavy atom. The average Bonchev–Trinajstić information content (AvgIpc) is 3.30. The molecule has 0 saturated carbocycles. The van der Waals surface area contributed by atoms with Crippen LogP contribution in [0.25, 0.3) is 11.0 Å². The Kier molecular flexibility index (Phi) is 6.77. The number of hydrogen-bond acceptors (Lipinski definition) is 4. The normalized spacial score (nSPS) is 19.7. The van der Waals surface area contributed by atoms with Crippen molar-refractivity contribution in [2.24, 2.45) is 15.7 Å². The molecule has 1 aromatic heterocycles. The zero-order valence-corrected chi connectivity index (χ0v) is 20.4. The summed E-state index contributed by atoms with van der Waals surface area (Å²) in [5.74, 6) is 1.53. The minimum atomic E-state index is 0.304. The van der Waals surface area contributed by atoms with Crippen molar-refractivity contribution >= 4 is 23.2 Å². The quantitative estimate of drug-likeness (QED) is 0.406. The van der Waals surface area contributed by atoms with E-state index in [1.807, 2.05) is 43.4 Å². The number of nitrogens with one attached hydrogen (secondary N) is 1. The molecule has 2 atom stereocenters. The third-order valence-electron chi connectivity index (χ3n) is 6.70. The molecule has 0 radical (unpaired) electrons. The van der Waals surface area contributed by atoms with E-state index in [0.29, 0.717) is 24.6 Å². The Morgan fingerprint density at radius 2 is 1.86 bits per heavy atom. The molecule has 0 amide bonds. The maximum absolute atomic E-state index is 5.93. The third kappa shape index (κ3) is 5.52. The molecule has 2 aromatic carbocycles. The van der Waals surface area contributed by atoms with Crippen LogP contribution >= 0.6 is 0 Å². The summed E-state index contributed by atoms with van der Waals surface area (Å²) in [6, 6.07) is 17.5. The van der Waals surface area contributed by atoms with Crippen molar-refractivity contribution in [2.75, 3.05) is 14.1 Å². The summed E-state index contributed by atoms with van der Waals surface area (Å²) in [5.41, 5.74) is 11.8. The van der Waals surface area contributed by atoms with Gasteiger partial charge in [0.15, 0.2) is 5.96 Å². The molecular weight excluding hydrogens is 434 g/mol. The molecule has 5 rings (SSSR count). The Morgan fingerprint density at radius 3 is 2.66 bits per heavy atom. The van der Waals surface area contributed by atoms with E-state index in [-0.39, 0.29) is 0 Å². The zero-order chi connectivity index (χ0) is 24.2. The SMILES string of the molecule is CN(C)C(N)=NCc1ccc(CN(Cc2nc3ccccc3[nH]2)C2C=C3C=CC=NC3CC2)cc1. The highest BCUT2D eigenvalue weighted by Gasteiger charge is 2.26. The number of imidazole rings is 1. The van der Waals surface area contributed by atoms with Gasteiger partial charge in [0.2, 0.25) is 0 Å². The zero-order valence-electron chi connectivity index (χ0n) is 20.4. The third-order valence-corrected chi connectivity index (χ3v) is 6.70. The lowest BCUT2D eigenvalue weighted by Crippen LogP contribution is -2.37. The van der Waals surface area contributed by atoms with Crippen LogP contribution in [0.5, 0.6) is 0 Å². The maximum atomic E-state index is 5.93. The fourth-order valence-corrected chi connectivity index (χ4v) is 4.70. The van der Waals surface area contributed by atoms with E-state index in [0.717, 1.165) is 48.4 Å². The lowest BCUT2D eigenvalue weighted by Gasteiger charge is -2.34. The molecule has 2 heterocycles. The van der Waals surface area contributed by atoms with Crippen molar-refractivity contribution in [1.82, 2.24) is 19.8 Å². The predicted octanol–water partition coefficient (Wildman–Crippen LogP) is 4.04. The first-order valence-corrected chi connectivity index (χ1v) is 12.2. The molecule has 1 aliphatic carbocycles. The topological polar surface area (TPSA) is 85.9 Å². The monoisotopic (exact) mass is 467 g/mol. The van der Waals surface area contributed by atoms with Crippen LogP contribution in [-0.2, 0) is 19.6 Å². The molecule has 0 saturated heterocycles. The van der Waals surface area contributed by atoms with E-state index in [2.05, 4.69) is 68.4 Å². The molecule has 3 N–H and O–H groups in total. The number of nitrogens with two attached hydrogens (primary N) is 1. The number of allylic oxidation sites excluding steroid dienone is 1. The van der Waals surface area contributed by atoms with Crippen LogP contribution in [0.15, 0.2) is 82.3 Å². The summed E-state index contributed by atoms with van der Waals surface area (Å²) in [4.78, 5) is 21.8. The largest absolute Gasteiger partial charge is 0.370 e. The van der Waals surface area contributed by atoms with E-state index >= 15 is 0 Å². The maximum Gasteiger partial charge on any atom is 0.191 e. The van der Waals surface area contributed by atoms with Gasteiger partial charge in [-0.05, 0) is 47.8 Å². The number of aromatic nitrogens is 2. The molecule has 0 spiro atoms. The molecule has 7 nitrogen and oxygen atoms in total. The number of benzene rings is 2. The van der Waals surface area contributed by atoms with Crippen LogP contribution in [0, 0.1) is 0 Å². The molecule has 0 fully saturated rings. The van der Waals surface area contributed by atoms with Crippen molar-refractivity contribution in [3.8, 4) is 0 Å². The molecule has 2 unspecified atom stereocenters. The van der Waals surface area contributed by atoms with Gasteiger partial charge in [-0.25, -0.2) is 9.98 Å². The van der Waals surface area contributed by atoms with Gasteiger partial charge in [-0.3, -0.25) is 9.89 Å². The number of rotatable bonds is 7. The summed E-state index contributed by atoms with van der Waals surface area (Å²) in [7, 11) is 3.80. The van der Waals surface area contributed by atoms with Gasteiger partial charge in [-0.1, -0.05) is 48.6 Å². The molecule has 7 heteroatoms. The highest BCUT2D eigenvalue weighted by molar-refractivity contribution is 5.77. The van der Waals surface area contributed by atoms with Crippen LogP contribution < -0.4 is 5.73 Å². The first-order chi connectivity index (χ1) is 17.0. The smallest absolute Gasteiger partial charge is 0.191 e. The second-order valence-corrected chi connectivity index (χ2v) is 9.48. The number of aromatic amines is 1. The van der Waals surface area contributed by atoms with Crippen LogP contribution in [0.4, 0.5) is 0 Å². The summed E-state index contributed by atoms with van der Waals surface area (Å²) in [6.07, 6.45) is 10.7. The van der Waals surface area contributed by atoms with Crippen molar-refractivity contribution in [3.63, 3.8) is 0 Å². The van der Waals surface area contributed by atoms with Crippen LogP contribution in [0.2, 0.25) is 0 Å². The number of nitrogens with zero attached hydrogens (tertiary/aromatic N) is 5. The summed E-state index contributed by atoms with van der Waals surface area (Å²) >= 11 is 0. The van der Waals surface area contributed by atoms with E-state index < -0.39 is 0 Å². The Balaban J connectivity index is 1.36. The van der Waals surface area contributed by atoms with Crippen LogP contribution in [-0.4, -0.2) is 58.1 Å². The lowest BCUT2D eigenvalue weighted by atomic mass is 9.89. The molecule has 1 aliphatic heterocycles. The summed E-state index contributed by atoms with van der Waals surface area (Å²) in [6.45, 7) is 2.18. The van der Waals surface area contributed by atoms with Gasteiger partial charge < -0.3 is 15.6 Å². The lowest BCUT2D eigenvalue weighted by molar-refractivity contribution is 0.188. The van der Waals surface area contributed by atoms with Gasteiger partial charge in [-0.2, -0.15) is 0 Å². The fraction of sp³-hybridized carbons (Fsp3) is 0.321. The molecule has 3 aromatic rings. The van der Waals surface area contributed by atoms with Crippen LogP contribution in [0.1, 0.15) is 29.8 Å². The van der Waals surface area contributed by atoms with Crippen molar-refractivity contribution < 1.29 is 0 Å². The molecule has 180 valence electrons. The van der Waals surface area contributed by atoms with Crippen molar-refractivity contribution in [1.29, 1.82) is 0 Å². The molecule has 35 heavy (non-hydrogen) atoms. The number of dihydropyridines is 1. The number of H-pyrrole nitrogens is 1. The minimum absolute atomic E-state index is 0.304. The highest BCUT2D eigenvalue weighted by Crippen LogP contribution is 2.29. The second kappa shape index (κ2) is 10.3. The first kappa shape index (κ1) is 23.1. The molecule has 0 bridgehead atoms. The van der Waals surface area contributed by atoms with Crippen LogP contribution in [0.3, 0.4) is 0 Å². The molecular formula is C28H33N7. The van der Waals surface area contributed by atoms with E-state index in [1.54, 1.807) is 0 Å². The number of para-hydroxylation sites is 2. The average molecular weight is 468 g/mol. The first-order valence-electron chi connectivity index (χ1n) is 12.2. The second-order valence-electron chi connectivity index (χ2n) is 9.48. The van der Waals surface area contributed by atoms with E-state index in [1.165, 1.54) is 11.1 Å². The van der Waals surface area contributed by atoms with Gasteiger partial charge in [0.1, 0.15) is 5.82 Å². The van der Waals surface area contributed by atoms with Gasteiger partial charge >= 0.3 is 0 Å². The number of fused-ring (bicyclic) bond motifs is 2. The Hall–Kier alpha value is -3.71. The number of guanidine groups is 1. The fourth-order valence-electron chi connectivity index (χ4n) is 4.70. The van der Waals surface area contributed by atoms with E-state index in [4.69, 9.17) is 10.7 Å². The van der Waals surface area contributed by atoms with Gasteiger partial charge in [0.25, 0.3) is 0 Å². The number of hydrogen-bond donors (Lipinski definition) is 2. The summed E-state index contributed by atoms with van der Waals surface area (Å²) < 4.78 is 0. The standard InChI is InChI=1S/C28H33N7/c1-34(2)28(29)31-17-20-9-11-21(12-10-20)18-35(19-27-32-25-7-3-4-8-26(25)33-27)23-13-14-24-22(16-23)6-5-15-30-24/h3-12,15-16,23-24H,13-14,17-19H2,1-2H3,(H2,29,31)(H,32,33). The Labute approximate surface area is 206 Å². The Bertz CT molecular complexity index is 1250. The van der Waals surface area contributed by atoms with Crippen molar-refractivity contribution in [2.45, 2.75) is 44.6 Å². The van der Waals surface area contributed by atoms with Gasteiger partial charge in [-0.15, -0.1) is 0 Å².